The van der Waals surface area contributed by atoms with Crippen LogP contribution in [0.3, 0.4) is 0 Å². The van der Waals surface area contributed by atoms with Gasteiger partial charge < -0.3 is 5.32 Å². The molecule has 0 spiro atoms. The number of nitrogens with one attached hydrogen (secondary N) is 1. The lowest BCUT2D eigenvalue weighted by Gasteiger charge is -2.37. The first-order valence-electron chi connectivity index (χ1n) is 8.48. The minimum Gasteiger partial charge on any atom is -0.312 e. The van der Waals surface area contributed by atoms with E-state index in [9.17, 15) is 8.42 Å². The summed E-state index contributed by atoms with van der Waals surface area (Å²) in [5.41, 5.74) is 0.137. The van der Waals surface area contributed by atoms with Crippen LogP contribution in [0.5, 0.6) is 0 Å². The third-order valence-electron chi connectivity index (χ3n) is 4.79. The third kappa shape index (κ3) is 6.68. The van der Waals surface area contributed by atoms with Crippen molar-refractivity contribution in [3.05, 3.63) is 0 Å². The SMILES string of the molecule is CC1CCC(CNC(C)(C)C)C(CCS(=O)(=O)C(C)C)C1. The molecule has 21 heavy (non-hydrogen) atoms. The molecule has 4 heteroatoms. The maximum Gasteiger partial charge on any atom is 0.152 e. The van der Waals surface area contributed by atoms with Crippen molar-refractivity contribution >= 4 is 9.84 Å². The van der Waals surface area contributed by atoms with Gasteiger partial charge in [-0.05, 0) is 78.2 Å². The topological polar surface area (TPSA) is 46.2 Å². The summed E-state index contributed by atoms with van der Waals surface area (Å²) < 4.78 is 24.1. The molecule has 0 aliphatic heterocycles. The van der Waals surface area contributed by atoms with Crippen LogP contribution in [0.2, 0.25) is 0 Å². The Morgan fingerprint density at radius 2 is 1.76 bits per heavy atom. The molecule has 0 heterocycles. The smallest absolute Gasteiger partial charge is 0.152 e. The highest BCUT2D eigenvalue weighted by molar-refractivity contribution is 7.91. The molecule has 0 aromatic rings. The Hall–Kier alpha value is -0.0900. The molecule has 1 rings (SSSR count). The molecule has 0 aromatic heterocycles. The van der Waals surface area contributed by atoms with Gasteiger partial charge in [0.15, 0.2) is 9.84 Å². The second kappa shape index (κ2) is 7.45. The molecule has 1 aliphatic carbocycles. The quantitative estimate of drug-likeness (QED) is 0.813. The summed E-state index contributed by atoms with van der Waals surface area (Å²) in [6, 6.07) is 0. The standard InChI is InChI=1S/C17H35NO2S/c1-13(2)21(19,20)10-9-15-11-14(3)7-8-16(15)12-18-17(4,5)6/h13-16,18H,7-12H2,1-6H3. The molecule has 1 N–H and O–H groups in total. The van der Waals surface area contributed by atoms with Crippen LogP contribution >= 0.6 is 0 Å². The fourth-order valence-electron chi connectivity index (χ4n) is 3.17. The summed E-state index contributed by atoms with van der Waals surface area (Å²) in [5, 5.41) is 3.36. The Balaban J connectivity index is 2.61. The van der Waals surface area contributed by atoms with Crippen LogP contribution in [0.1, 0.15) is 67.2 Å². The van der Waals surface area contributed by atoms with Gasteiger partial charge in [0, 0.05) is 5.54 Å². The lowest BCUT2D eigenvalue weighted by Crippen LogP contribution is -2.42. The van der Waals surface area contributed by atoms with Gasteiger partial charge in [-0.1, -0.05) is 13.3 Å². The zero-order valence-corrected chi connectivity index (χ0v) is 15.6. The van der Waals surface area contributed by atoms with Crippen LogP contribution in [-0.4, -0.2) is 31.5 Å². The van der Waals surface area contributed by atoms with E-state index in [4.69, 9.17) is 0 Å². The van der Waals surface area contributed by atoms with E-state index in [0.29, 0.717) is 17.6 Å². The maximum absolute atomic E-state index is 12.1. The van der Waals surface area contributed by atoms with E-state index in [1.165, 1.54) is 19.3 Å². The second-order valence-corrected chi connectivity index (χ2v) is 11.0. The number of hydrogen-bond donors (Lipinski definition) is 1. The minimum absolute atomic E-state index is 0.137. The van der Waals surface area contributed by atoms with E-state index in [1.807, 2.05) is 0 Å². The molecule has 0 bridgehead atoms. The first-order valence-corrected chi connectivity index (χ1v) is 10.2. The molecule has 3 nitrogen and oxygen atoms in total. The monoisotopic (exact) mass is 317 g/mol. The van der Waals surface area contributed by atoms with Gasteiger partial charge in [0.2, 0.25) is 0 Å². The Morgan fingerprint density at radius 1 is 1.14 bits per heavy atom. The molecule has 0 aromatic carbocycles. The van der Waals surface area contributed by atoms with Gasteiger partial charge in [0.05, 0.1) is 11.0 Å². The van der Waals surface area contributed by atoms with Gasteiger partial charge in [0.25, 0.3) is 0 Å². The lowest BCUT2D eigenvalue weighted by atomic mass is 9.73. The average molecular weight is 318 g/mol. The Morgan fingerprint density at radius 3 is 2.29 bits per heavy atom. The van der Waals surface area contributed by atoms with Gasteiger partial charge in [-0.15, -0.1) is 0 Å². The van der Waals surface area contributed by atoms with Crippen LogP contribution in [0, 0.1) is 17.8 Å². The Bertz CT molecular complexity index is 409. The van der Waals surface area contributed by atoms with Crippen LogP contribution in [-0.2, 0) is 9.84 Å². The van der Waals surface area contributed by atoms with Crippen molar-refractivity contribution in [2.24, 2.45) is 17.8 Å². The molecule has 1 aliphatic rings. The van der Waals surface area contributed by atoms with E-state index in [-0.39, 0.29) is 10.8 Å². The van der Waals surface area contributed by atoms with Crippen molar-refractivity contribution in [2.75, 3.05) is 12.3 Å². The highest BCUT2D eigenvalue weighted by Gasteiger charge is 2.30. The Labute approximate surface area is 132 Å². The van der Waals surface area contributed by atoms with Gasteiger partial charge in [0.1, 0.15) is 0 Å². The largest absolute Gasteiger partial charge is 0.312 e. The number of hydrogen-bond acceptors (Lipinski definition) is 3. The maximum atomic E-state index is 12.1. The molecule has 0 amide bonds. The molecular weight excluding hydrogens is 282 g/mol. The fourth-order valence-corrected chi connectivity index (χ4v) is 4.28. The normalized spacial score (nSPS) is 28.0. The van der Waals surface area contributed by atoms with E-state index >= 15 is 0 Å². The lowest BCUT2D eigenvalue weighted by molar-refractivity contribution is 0.171. The summed E-state index contributed by atoms with van der Waals surface area (Å²) in [5.74, 6) is 2.27. The van der Waals surface area contributed by atoms with Crippen LogP contribution in [0.4, 0.5) is 0 Å². The van der Waals surface area contributed by atoms with Crippen LogP contribution < -0.4 is 5.32 Å². The summed E-state index contributed by atoms with van der Waals surface area (Å²) >= 11 is 0. The number of rotatable bonds is 6. The van der Waals surface area contributed by atoms with Crippen molar-refractivity contribution in [1.82, 2.24) is 5.32 Å². The Kier molecular flexibility index (Phi) is 6.73. The molecule has 3 unspecified atom stereocenters. The molecule has 3 atom stereocenters. The van der Waals surface area contributed by atoms with Crippen molar-refractivity contribution in [3.63, 3.8) is 0 Å². The predicted molar refractivity (Wildman–Crippen MR) is 91.3 cm³/mol. The highest BCUT2D eigenvalue weighted by Crippen LogP contribution is 2.36. The van der Waals surface area contributed by atoms with Crippen molar-refractivity contribution in [3.8, 4) is 0 Å². The van der Waals surface area contributed by atoms with Gasteiger partial charge in [-0.25, -0.2) is 8.42 Å². The first-order chi connectivity index (χ1) is 9.51. The summed E-state index contributed by atoms with van der Waals surface area (Å²) in [4.78, 5) is 0. The first kappa shape index (κ1) is 19.0. The molecule has 1 saturated carbocycles. The van der Waals surface area contributed by atoms with Crippen LogP contribution in [0.15, 0.2) is 0 Å². The molecule has 1 fully saturated rings. The zero-order chi connectivity index (χ0) is 16.3. The highest BCUT2D eigenvalue weighted by atomic mass is 32.2. The minimum atomic E-state index is -2.90. The van der Waals surface area contributed by atoms with Gasteiger partial charge >= 0.3 is 0 Å². The van der Waals surface area contributed by atoms with Gasteiger partial charge in [-0.2, -0.15) is 0 Å². The predicted octanol–water partition coefficient (Wildman–Crippen LogP) is 3.64. The summed E-state index contributed by atoms with van der Waals surface area (Å²) in [6.07, 6.45) is 4.53. The van der Waals surface area contributed by atoms with Crippen molar-refractivity contribution in [2.45, 2.75) is 78.0 Å². The molecular formula is C17H35NO2S. The van der Waals surface area contributed by atoms with Crippen molar-refractivity contribution in [1.29, 1.82) is 0 Å². The molecule has 0 radical (unpaired) electrons. The fraction of sp³-hybridized carbons (Fsp3) is 1.00. The van der Waals surface area contributed by atoms with Gasteiger partial charge in [-0.3, -0.25) is 0 Å². The van der Waals surface area contributed by atoms with Crippen LogP contribution in [0.25, 0.3) is 0 Å². The van der Waals surface area contributed by atoms with Crippen molar-refractivity contribution < 1.29 is 8.42 Å². The second-order valence-electron chi connectivity index (χ2n) is 8.27. The molecule has 0 saturated heterocycles. The van der Waals surface area contributed by atoms with E-state index in [1.54, 1.807) is 13.8 Å². The zero-order valence-electron chi connectivity index (χ0n) is 14.8. The van der Waals surface area contributed by atoms with E-state index in [0.717, 1.165) is 18.9 Å². The molecule has 126 valence electrons. The summed E-state index contributed by atoms with van der Waals surface area (Å²) in [7, 11) is -2.90. The average Bonchev–Trinajstić information content (AvgIpc) is 2.34. The number of sulfone groups is 1. The summed E-state index contributed by atoms with van der Waals surface area (Å²) in [6.45, 7) is 13.5. The third-order valence-corrected chi connectivity index (χ3v) is 7.03. The van der Waals surface area contributed by atoms with E-state index < -0.39 is 9.84 Å². The van der Waals surface area contributed by atoms with E-state index in [2.05, 4.69) is 33.0 Å².